The van der Waals surface area contributed by atoms with E-state index in [4.69, 9.17) is 0 Å². The third-order valence-electron chi connectivity index (χ3n) is 2.76. The van der Waals surface area contributed by atoms with E-state index in [1.807, 2.05) is 0 Å². The summed E-state index contributed by atoms with van der Waals surface area (Å²) in [7, 11) is 0. The first-order valence-electron chi connectivity index (χ1n) is 5.12. The molecule has 1 heterocycles. The van der Waals surface area contributed by atoms with Crippen LogP contribution in [-0.4, -0.2) is 54.1 Å². The number of carbonyl (C=O) groups is 1. The van der Waals surface area contributed by atoms with Gasteiger partial charge in [0, 0.05) is 19.6 Å². The van der Waals surface area contributed by atoms with Gasteiger partial charge >= 0.3 is 6.18 Å². The molecular weight excluding hydrogens is 221 g/mol. The number of carbonyl (C=O) groups excluding carboxylic acids is 1. The third-order valence-corrected chi connectivity index (χ3v) is 2.76. The van der Waals surface area contributed by atoms with Gasteiger partial charge in [0.15, 0.2) is 0 Å². The van der Waals surface area contributed by atoms with Gasteiger partial charge in [-0.25, -0.2) is 0 Å². The Balaban J connectivity index is 2.77. The number of halogens is 3. The quantitative estimate of drug-likeness (QED) is 0.674. The number of nitrogens with zero attached hydrogens (tertiary/aromatic N) is 2. The van der Waals surface area contributed by atoms with Crippen LogP contribution in [-0.2, 0) is 4.79 Å². The van der Waals surface area contributed by atoms with Gasteiger partial charge in [0.05, 0.1) is 0 Å². The lowest BCUT2D eigenvalue weighted by molar-refractivity contribution is -0.196. The van der Waals surface area contributed by atoms with Crippen molar-refractivity contribution in [3.8, 4) is 0 Å². The molecule has 1 aliphatic rings. The van der Waals surface area contributed by atoms with Crippen LogP contribution in [0.25, 0.3) is 0 Å². The number of amides is 1. The highest BCUT2D eigenvalue weighted by Gasteiger charge is 2.46. The Morgan fingerprint density at radius 3 is 2.56 bits per heavy atom. The molecule has 1 amide bonds. The Kier molecular flexibility index (Phi) is 3.96. The van der Waals surface area contributed by atoms with Crippen molar-refractivity contribution in [2.24, 2.45) is 0 Å². The first kappa shape index (κ1) is 13.0. The lowest BCUT2D eigenvalue weighted by Gasteiger charge is -2.41. The maximum Gasteiger partial charge on any atom is 0.405 e. The minimum atomic E-state index is -4.30. The Morgan fingerprint density at radius 2 is 2.12 bits per heavy atom. The van der Waals surface area contributed by atoms with Gasteiger partial charge in [-0.2, -0.15) is 13.2 Å². The molecule has 0 saturated carbocycles. The molecule has 3 nitrogen and oxygen atoms in total. The second-order valence-corrected chi connectivity index (χ2v) is 3.67. The SMILES string of the molecule is C=CC(=O)N1CCN(CC)C(C(F)(F)F)C1. The number of likely N-dealkylation sites (N-methyl/N-ethyl adjacent to an activating group) is 1. The van der Waals surface area contributed by atoms with Crippen molar-refractivity contribution >= 4 is 5.91 Å². The van der Waals surface area contributed by atoms with Crippen LogP contribution in [0.2, 0.25) is 0 Å². The number of hydrogen-bond donors (Lipinski definition) is 0. The second-order valence-electron chi connectivity index (χ2n) is 3.67. The monoisotopic (exact) mass is 236 g/mol. The van der Waals surface area contributed by atoms with Gasteiger partial charge in [-0.15, -0.1) is 0 Å². The van der Waals surface area contributed by atoms with Crippen molar-refractivity contribution in [2.45, 2.75) is 19.1 Å². The van der Waals surface area contributed by atoms with E-state index in [2.05, 4.69) is 6.58 Å². The molecule has 0 aliphatic carbocycles. The maximum atomic E-state index is 12.7. The summed E-state index contributed by atoms with van der Waals surface area (Å²) in [5, 5.41) is 0. The second kappa shape index (κ2) is 4.86. The molecule has 16 heavy (non-hydrogen) atoms. The van der Waals surface area contributed by atoms with Crippen LogP contribution < -0.4 is 0 Å². The van der Waals surface area contributed by atoms with Crippen LogP contribution in [0.15, 0.2) is 12.7 Å². The van der Waals surface area contributed by atoms with Crippen LogP contribution in [0.5, 0.6) is 0 Å². The highest BCUT2D eigenvalue weighted by atomic mass is 19.4. The van der Waals surface area contributed by atoms with Crippen molar-refractivity contribution in [2.75, 3.05) is 26.2 Å². The third kappa shape index (κ3) is 2.75. The van der Waals surface area contributed by atoms with Crippen LogP contribution in [0.1, 0.15) is 6.92 Å². The van der Waals surface area contributed by atoms with Gasteiger partial charge in [-0.1, -0.05) is 13.5 Å². The fraction of sp³-hybridized carbons (Fsp3) is 0.700. The maximum absolute atomic E-state index is 12.7. The molecule has 1 rings (SSSR count). The van der Waals surface area contributed by atoms with Crippen LogP contribution in [0, 0.1) is 0 Å². The predicted molar refractivity (Wildman–Crippen MR) is 53.9 cm³/mol. The number of hydrogen-bond acceptors (Lipinski definition) is 2. The van der Waals surface area contributed by atoms with E-state index in [-0.39, 0.29) is 13.1 Å². The Morgan fingerprint density at radius 1 is 1.50 bits per heavy atom. The largest absolute Gasteiger partial charge is 0.405 e. The number of alkyl halides is 3. The first-order valence-corrected chi connectivity index (χ1v) is 5.12. The zero-order chi connectivity index (χ0) is 12.3. The number of piperazine rings is 1. The van der Waals surface area contributed by atoms with Gasteiger partial charge in [-0.05, 0) is 12.6 Å². The summed E-state index contributed by atoms with van der Waals surface area (Å²) in [4.78, 5) is 13.8. The van der Waals surface area contributed by atoms with Gasteiger partial charge < -0.3 is 4.90 Å². The van der Waals surface area contributed by atoms with Crippen LogP contribution >= 0.6 is 0 Å². The summed E-state index contributed by atoms with van der Waals surface area (Å²) in [5.74, 6) is -0.440. The van der Waals surface area contributed by atoms with E-state index in [1.165, 1.54) is 9.80 Å². The topological polar surface area (TPSA) is 23.6 Å². The van der Waals surface area contributed by atoms with Gasteiger partial charge in [-0.3, -0.25) is 9.69 Å². The zero-order valence-corrected chi connectivity index (χ0v) is 9.13. The summed E-state index contributed by atoms with van der Waals surface area (Å²) >= 11 is 0. The molecule has 1 atom stereocenters. The lowest BCUT2D eigenvalue weighted by atomic mass is 10.1. The fourth-order valence-electron chi connectivity index (χ4n) is 1.84. The van der Waals surface area contributed by atoms with Crippen molar-refractivity contribution in [1.29, 1.82) is 0 Å². The normalized spacial score (nSPS) is 23.2. The van der Waals surface area contributed by atoms with Gasteiger partial charge in [0.2, 0.25) is 5.91 Å². The minimum absolute atomic E-state index is 0.250. The van der Waals surface area contributed by atoms with Gasteiger partial charge in [0.1, 0.15) is 6.04 Å². The highest BCUT2D eigenvalue weighted by Crippen LogP contribution is 2.27. The standard InChI is InChI=1S/C10H15F3N2O/c1-3-9(16)15-6-5-14(4-2)8(7-15)10(11,12)13/h3,8H,1,4-7H2,2H3. The molecule has 0 spiro atoms. The summed E-state index contributed by atoms with van der Waals surface area (Å²) in [5.41, 5.74) is 0. The molecule has 0 bridgehead atoms. The molecule has 6 heteroatoms. The lowest BCUT2D eigenvalue weighted by Crippen LogP contribution is -2.59. The van der Waals surface area contributed by atoms with E-state index in [9.17, 15) is 18.0 Å². The zero-order valence-electron chi connectivity index (χ0n) is 9.13. The van der Waals surface area contributed by atoms with E-state index in [1.54, 1.807) is 6.92 Å². The molecule has 92 valence electrons. The van der Waals surface area contributed by atoms with Crippen molar-refractivity contribution < 1.29 is 18.0 Å². The Labute approximate surface area is 92.5 Å². The summed E-state index contributed by atoms with van der Waals surface area (Å²) < 4.78 is 38.1. The van der Waals surface area contributed by atoms with Crippen molar-refractivity contribution in [3.05, 3.63) is 12.7 Å². The first-order chi connectivity index (χ1) is 7.40. The average molecular weight is 236 g/mol. The van der Waals surface area contributed by atoms with E-state index >= 15 is 0 Å². The van der Waals surface area contributed by atoms with Crippen LogP contribution in [0.4, 0.5) is 13.2 Å². The molecule has 0 N–H and O–H groups in total. The van der Waals surface area contributed by atoms with E-state index in [0.717, 1.165) is 6.08 Å². The van der Waals surface area contributed by atoms with Crippen molar-refractivity contribution in [3.63, 3.8) is 0 Å². The predicted octanol–water partition coefficient (Wildman–Crippen LogP) is 1.27. The molecule has 1 fully saturated rings. The molecule has 1 aliphatic heterocycles. The Hall–Kier alpha value is -1.04. The highest BCUT2D eigenvalue weighted by molar-refractivity contribution is 5.87. The van der Waals surface area contributed by atoms with Crippen LogP contribution in [0.3, 0.4) is 0 Å². The smallest absolute Gasteiger partial charge is 0.336 e. The summed E-state index contributed by atoms with van der Waals surface area (Å²) in [6.45, 7) is 5.57. The van der Waals surface area contributed by atoms with Gasteiger partial charge in [0.25, 0.3) is 0 Å². The summed E-state index contributed by atoms with van der Waals surface area (Å²) in [6, 6.07) is -1.56. The minimum Gasteiger partial charge on any atom is -0.336 e. The molecule has 0 aromatic rings. The molecule has 0 radical (unpaired) electrons. The molecule has 1 saturated heterocycles. The van der Waals surface area contributed by atoms with E-state index < -0.39 is 18.1 Å². The fourth-order valence-corrected chi connectivity index (χ4v) is 1.84. The average Bonchev–Trinajstić information content (AvgIpc) is 2.26. The summed E-state index contributed by atoms with van der Waals surface area (Å²) in [6.07, 6.45) is -3.24. The number of rotatable bonds is 2. The molecular formula is C10H15F3N2O. The molecule has 1 unspecified atom stereocenters. The molecule has 0 aromatic heterocycles. The van der Waals surface area contributed by atoms with E-state index in [0.29, 0.717) is 13.1 Å². The molecule has 0 aromatic carbocycles. The Bertz CT molecular complexity index is 278. The van der Waals surface area contributed by atoms with Crippen molar-refractivity contribution in [1.82, 2.24) is 9.80 Å².